The van der Waals surface area contributed by atoms with E-state index in [2.05, 4.69) is 0 Å². The van der Waals surface area contributed by atoms with Crippen LogP contribution < -0.4 is 0 Å². The molecule has 5 heteroatoms. The van der Waals surface area contributed by atoms with E-state index < -0.39 is 15.3 Å². The Kier molecular flexibility index (Phi) is 2.77. The second-order valence-corrected chi connectivity index (χ2v) is 5.94. The summed E-state index contributed by atoms with van der Waals surface area (Å²) in [6, 6.07) is 0. The second kappa shape index (κ2) is 3.38. The molecule has 1 heterocycles. The molecule has 76 valence electrons. The average Bonchev–Trinajstić information content (AvgIpc) is 1.96. The lowest BCUT2D eigenvalue weighted by molar-refractivity contribution is -0.118. The molecule has 1 rings (SSSR count). The van der Waals surface area contributed by atoms with Crippen molar-refractivity contribution in [1.29, 1.82) is 0 Å². The van der Waals surface area contributed by atoms with Gasteiger partial charge in [-0.3, -0.25) is 0 Å². The fourth-order valence-corrected chi connectivity index (χ4v) is 3.32. The topological polar surface area (TPSA) is 60.4 Å². The number of hydrogen-bond acceptors (Lipinski definition) is 4. The van der Waals surface area contributed by atoms with Crippen LogP contribution in [0.25, 0.3) is 0 Å². The Bertz CT molecular complexity index is 279. The molecule has 0 aromatic carbocycles. The van der Waals surface area contributed by atoms with Gasteiger partial charge in [0.1, 0.15) is 6.29 Å². The zero-order valence-corrected chi connectivity index (χ0v) is 8.63. The van der Waals surface area contributed by atoms with Crippen LogP contribution >= 0.6 is 0 Å². The summed E-state index contributed by atoms with van der Waals surface area (Å²) in [5.41, 5.74) is -0.761. The third-order valence-corrected chi connectivity index (χ3v) is 4.00. The minimum Gasteiger partial charge on any atom is -0.378 e. The average molecular weight is 206 g/mol. The SMILES string of the molecule is CC(C)OCC1(C=O)CS(=O)(=O)C1. The maximum Gasteiger partial charge on any atom is 0.152 e. The van der Waals surface area contributed by atoms with Gasteiger partial charge in [-0.2, -0.15) is 0 Å². The molecule has 0 aliphatic carbocycles. The Labute approximate surface area is 78.2 Å². The number of sulfone groups is 1. The minimum atomic E-state index is -2.96. The maximum absolute atomic E-state index is 10.9. The first-order valence-corrected chi connectivity index (χ1v) is 6.00. The van der Waals surface area contributed by atoms with E-state index in [1.54, 1.807) is 0 Å². The fourth-order valence-electron chi connectivity index (χ4n) is 1.35. The number of ether oxygens (including phenoxy) is 1. The zero-order chi connectivity index (χ0) is 10.1. The van der Waals surface area contributed by atoms with Crippen LogP contribution in [0.1, 0.15) is 13.8 Å². The summed E-state index contributed by atoms with van der Waals surface area (Å²) in [4.78, 5) is 10.7. The predicted molar refractivity (Wildman–Crippen MR) is 48.2 cm³/mol. The van der Waals surface area contributed by atoms with Crippen molar-refractivity contribution in [3.63, 3.8) is 0 Å². The molecule has 1 saturated heterocycles. The van der Waals surface area contributed by atoms with E-state index in [0.717, 1.165) is 0 Å². The van der Waals surface area contributed by atoms with Gasteiger partial charge in [0, 0.05) is 0 Å². The number of carbonyl (C=O) groups is 1. The fraction of sp³-hybridized carbons (Fsp3) is 0.875. The third-order valence-electron chi connectivity index (χ3n) is 1.97. The van der Waals surface area contributed by atoms with Crippen molar-refractivity contribution in [3.05, 3.63) is 0 Å². The molecular formula is C8H14O4S. The van der Waals surface area contributed by atoms with Crippen molar-refractivity contribution in [3.8, 4) is 0 Å². The first kappa shape index (κ1) is 10.7. The Morgan fingerprint density at radius 3 is 2.31 bits per heavy atom. The molecule has 0 aromatic heterocycles. The molecule has 0 spiro atoms. The van der Waals surface area contributed by atoms with Gasteiger partial charge in [0.25, 0.3) is 0 Å². The van der Waals surface area contributed by atoms with Gasteiger partial charge in [-0.1, -0.05) is 0 Å². The van der Waals surface area contributed by atoms with E-state index in [1.165, 1.54) is 0 Å². The van der Waals surface area contributed by atoms with Crippen molar-refractivity contribution < 1.29 is 17.9 Å². The molecule has 0 atom stereocenters. The monoisotopic (exact) mass is 206 g/mol. The molecule has 1 fully saturated rings. The molecule has 0 radical (unpaired) electrons. The molecule has 0 saturated carbocycles. The van der Waals surface area contributed by atoms with Crippen LogP contribution in [-0.4, -0.2) is 38.9 Å². The van der Waals surface area contributed by atoms with E-state index in [0.29, 0.717) is 6.29 Å². The summed E-state index contributed by atoms with van der Waals surface area (Å²) < 4.78 is 27.0. The molecule has 0 bridgehead atoms. The zero-order valence-electron chi connectivity index (χ0n) is 7.82. The van der Waals surface area contributed by atoms with E-state index >= 15 is 0 Å². The summed E-state index contributed by atoms with van der Waals surface area (Å²) in [5, 5.41) is 0. The minimum absolute atomic E-state index is 0.0279. The Morgan fingerprint density at radius 1 is 1.46 bits per heavy atom. The van der Waals surface area contributed by atoms with Crippen LogP contribution in [0.4, 0.5) is 0 Å². The third kappa shape index (κ3) is 2.51. The molecule has 1 aliphatic rings. The highest BCUT2D eigenvalue weighted by Gasteiger charge is 2.48. The quantitative estimate of drug-likeness (QED) is 0.609. The molecule has 0 amide bonds. The highest BCUT2D eigenvalue weighted by molar-refractivity contribution is 7.93. The summed E-state index contributed by atoms with van der Waals surface area (Å²) in [6.45, 7) is 3.92. The molecule has 0 unspecified atom stereocenters. The van der Waals surface area contributed by atoms with E-state index in [4.69, 9.17) is 4.74 Å². The second-order valence-electron chi connectivity index (χ2n) is 3.87. The first-order chi connectivity index (χ1) is 5.89. The van der Waals surface area contributed by atoms with Crippen LogP contribution in [-0.2, 0) is 19.4 Å². The van der Waals surface area contributed by atoms with Gasteiger partial charge in [0.15, 0.2) is 9.84 Å². The normalized spacial score (nSPS) is 23.9. The van der Waals surface area contributed by atoms with Gasteiger partial charge in [-0.15, -0.1) is 0 Å². The lowest BCUT2D eigenvalue weighted by Gasteiger charge is -2.35. The van der Waals surface area contributed by atoms with Gasteiger partial charge in [-0.25, -0.2) is 8.42 Å². The van der Waals surface area contributed by atoms with Crippen molar-refractivity contribution in [2.24, 2.45) is 5.41 Å². The van der Waals surface area contributed by atoms with E-state index in [1.807, 2.05) is 13.8 Å². The lowest BCUT2D eigenvalue weighted by atomic mass is 9.95. The lowest BCUT2D eigenvalue weighted by Crippen LogP contribution is -2.53. The van der Waals surface area contributed by atoms with Crippen molar-refractivity contribution in [1.82, 2.24) is 0 Å². The standard InChI is InChI=1S/C8H14O4S/c1-7(2)12-4-8(3-9)5-13(10,11)6-8/h3,7H,4-6H2,1-2H3. The molecule has 4 nitrogen and oxygen atoms in total. The maximum atomic E-state index is 10.9. The largest absolute Gasteiger partial charge is 0.378 e. The molecule has 0 aromatic rings. The molecule has 1 aliphatic heterocycles. The smallest absolute Gasteiger partial charge is 0.152 e. The summed E-state index contributed by atoms with van der Waals surface area (Å²) >= 11 is 0. The summed E-state index contributed by atoms with van der Waals surface area (Å²) in [6.07, 6.45) is 0.733. The van der Waals surface area contributed by atoms with Gasteiger partial charge >= 0.3 is 0 Å². The van der Waals surface area contributed by atoms with Crippen molar-refractivity contribution >= 4 is 16.1 Å². The van der Waals surface area contributed by atoms with E-state index in [-0.39, 0.29) is 24.2 Å². The van der Waals surface area contributed by atoms with Crippen molar-refractivity contribution in [2.45, 2.75) is 20.0 Å². The van der Waals surface area contributed by atoms with Gasteiger partial charge in [-0.05, 0) is 13.8 Å². The highest BCUT2D eigenvalue weighted by atomic mass is 32.2. The molecular weight excluding hydrogens is 192 g/mol. The molecule has 13 heavy (non-hydrogen) atoms. The van der Waals surface area contributed by atoms with Crippen molar-refractivity contribution in [2.75, 3.05) is 18.1 Å². The van der Waals surface area contributed by atoms with Crippen LogP contribution in [0.2, 0.25) is 0 Å². The van der Waals surface area contributed by atoms with E-state index in [9.17, 15) is 13.2 Å². The molecule has 0 N–H and O–H groups in total. The highest BCUT2D eigenvalue weighted by Crippen LogP contribution is 2.31. The number of carbonyl (C=O) groups excluding carboxylic acids is 1. The first-order valence-electron chi connectivity index (χ1n) is 4.17. The summed E-state index contributed by atoms with van der Waals surface area (Å²) in [5.74, 6) is -0.119. The van der Waals surface area contributed by atoms with Gasteiger partial charge in [0.05, 0.1) is 29.6 Å². The van der Waals surface area contributed by atoms with Crippen LogP contribution in [0, 0.1) is 5.41 Å². The van der Waals surface area contributed by atoms with Crippen LogP contribution in [0.3, 0.4) is 0 Å². The number of aldehydes is 1. The van der Waals surface area contributed by atoms with Gasteiger partial charge < -0.3 is 9.53 Å². The Hall–Kier alpha value is -0.420. The Balaban J connectivity index is 2.51. The van der Waals surface area contributed by atoms with Crippen LogP contribution in [0.5, 0.6) is 0 Å². The van der Waals surface area contributed by atoms with Gasteiger partial charge in [0.2, 0.25) is 0 Å². The summed E-state index contributed by atoms with van der Waals surface area (Å²) in [7, 11) is -2.96. The number of hydrogen-bond donors (Lipinski definition) is 0. The Morgan fingerprint density at radius 2 is 2.00 bits per heavy atom. The predicted octanol–water partition coefficient (Wildman–Crippen LogP) is 0.0251. The van der Waals surface area contributed by atoms with Crippen LogP contribution in [0.15, 0.2) is 0 Å². The number of rotatable bonds is 4.